The lowest BCUT2D eigenvalue weighted by atomic mass is 9.76. The summed E-state index contributed by atoms with van der Waals surface area (Å²) in [7, 11) is 0. The average molecular weight is 727 g/mol. The number of carbonyl (C=O) groups excluding carboxylic acids is 1. The van der Waals surface area contributed by atoms with Gasteiger partial charge in [-0.25, -0.2) is 4.79 Å². The zero-order valence-corrected chi connectivity index (χ0v) is 30.2. The zero-order chi connectivity index (χ0) is 37.2. The second kappa shape index (κ2) is 16.6. The van der Waals surface area contributed by atoms with Crippen LogP contribution in [0.15, 0.2) is 206 Å². The van der Waals surface area contributed by atoms with E-state index in [4.69, 9.17) is 4.74 Å². The molecular weight excluding hydrogens is 689 g/mol. The smallest absolute Gasteiger partial charge is 0.329 e. The maximum Gasteiger partial charge on any atom is 0.329 e. The highest BCUT2D eigenvalue weighted by Gasteiger charge is 2.43. The number of non-ortho nitro benzene ring substituents is 1. The predicted octanol–water partition coefficient (Wildman–Crippen LogP) is 10.2. The number of nitrogens with one attached hydrogen (secondary N) is 1. The van der Waals surface area contributed by atoms with Crippen LogP contribution in [-0.4, -0.2) is 22.7 Å². The molecule has 0 fully saturated rings. The highest BCUT2D eigenvalue weighted by atomic mass is 32.2. The van der Waals surface area contributed by atoms with E-state index in [1.807, 2.05) is 109 Å². The lowest BCUT2D eigenvalue weighted by Gasteiger charge is -2.41. The van der Waals surface area contributed by atoms with Gasteiger partial charge < -0.3 is 4.74 Å². The summed E-state index contributed by atoms with van der Waals surface area (Å²) in [4.78, 5) is 25.7. The second-order valence-electron chi connectivity index (χ2n) is 12.8. The van der Waals surface area contributed by atoms with Crippen molar-refractivity contribution < 1.29 is 14.5 Å². The first-order valence-electron chi connectivity index (χ1n) is 17.7. The van der Waals surface area contributed by atoms with Crippen molar-refractivity contribution in [3.05, 3.63) is 250 Å². The normalized spacial score (nSPS) is 12.1. The Morgan fingerprint density at radius 1 is 0.537 bits per heavy atom. The maximum atomic E-state index is 14.8. The molecule has 0 amide bonds. The quantitative estimate of drug-likeness (QED) is 0.0395. The van der Waals surface area contributed by atoms with Crippen molar-refractivity contribution in [2.24, 2.45) is 0 Å². The molecule has 0 heterocycles. The number of hydrogen-bond acceptors (Lipinski definition) is 6. The Morgan fingerprint density at radius 3 is 1.20 bits per heavy atom. The molecule has 0 aromatic heterocycles. The third kappa shape index (κ3) is 7.46. The summed E-state index contributed by atoms with van der Waals surface area (Å²) >= 11 is 1.66. The van der Waals surface area contributed by atoms with E-state index in [1.54, 1.807) is 11.8 Å². The number of nitro groups is 1. The van der Waals surface area contributed by atoms with Crippen LogP contribution in [-0.2, 0) is 15.1 Å². The Morgan fingerprint density at radius 2 is 0.870 bits per heavy atom. The number of thioether (sulfide) groups is 1. The second-order valence-corrected chi connectivity index (χ2v) is 14.0. The summed E-state index contributed by atoms with van der Waals surface area (Å²) in [5.74, 6) is -0.0298. The Kier molecular flexibility index (Phi) is 11.1. The van der Waals surface area contributed by atoms with Gasteiger partial charge in [-0.2, -0.15) is 0 Å². The van der Waals surface area contributed by atoms with Gasteiger partial charge >= 0.3 is 5.97 Å². The number of rotatable bonds is 14. The minimum atomic E-state index is -0.988. The third-order valence-corrected chi connectivity index (χ3v) is 11.2. The lowest BCUT2D eigenvalue weighted by Crippen LogP contribution is -2.55. The van der Waals surface area contributed by atoms with Gasteiger partial charge in [0.1, 0.15) is 11.8 Å². The molecule has 6 nitrogen and oxygen atoms in total. The van der Waals surface area contributed by atoms with Crippen LogP contribution in [0.2, 0.25) is 0 Å². The molecule has 0 radical (unpaired) electrons. The van der Waals surface area contributed by atoms with Gasteiger partial charge in [-0.3, -0.25) is 15.4 Å². The molecule has 0 aliphatic carbocycles. The molecule has 0 bridgehead atoms. The SMILES string of the molecule is O=C(Oc1ccc([N+](=O)[O-])cc1)[C@@H](CSC(c1ccccc1)(c1ccccc1)c1ccccc1)NC(c1ccccc1)(c1ccccc1)c1ccccc1. The predicted molar refractivity (Wildman–Crippen MR) is 217 cm³/mol. The molecule has 1 N–H and O–H groups in total. The largest absolute Gasteiger partial charge is 0.425 e. The minimum absolute atomic E-state index is 0.0883. The number of hydrogen-bond donors (Lipinski definition) is 1. The number of ether oxygens (including phenoxy) is 1. The molecule has 0 saturated carbocycles. The molecule has 54 heavy (non-hydrogen) atoms. The standard InChI is InChI=1S/C47H38N2O4S/c50-45(53-43-33-31-42(32-34-43)49(51)52)44(48-46(36-19-7-1-8-20-36,37-21-9-2-10-22-37)38-23-11-3-12-24-38)35-54-47(39-25-13-4-14-26-39,40-27-15-5-16-28-40)41-29-17-6-18-30-41/h1-34,44,48H,35H2/t44-/m1/s1. The Hall–Kier alpha value is -6.28. The monoisotopic (exact) mass is 726 g/mol. The van der Waals surface area contributed by atoms with E-state index in [9.17, 15) is 14.9 Å². The van der Waals surface area contributed by atoms with Crippen molar-refractivity contribution in [3.8, 4) is 5.75 Å². The highest BCUT2D eigenvalue weighted by molar-refractivity contribution is 8.00. The van der Waals surface area contributed by atoms with Gasteiger partial charge in [0.15, 0.2) is 0 Å². The van der Waals surface area contributed by atoms with E-state index in [1.165, 1.54) is 24.3 Å². The van der Waals surface area contributed by atoms with Gasteiger partial charge in [0.05, 0.1) is 15.2 Å². The van der Waals surface area contributed by atoms with Gasteiger partial charge in [-0.05, 0) is 45.5 Å². The molecule has 1 atom stereocenters. The Labute approximate surface area is 319 Å². The molecule has 0 aliphatic rings. The summed E-state index contributed by atoms with van der Waals surface area (Å²) < 4.78 is 5.39. The first-order chi connectivity index (χ1) is 26.5. The molecule has 7 aromatic rings. The van der Waals surface area contributed by atoms with Gasteiger partial charge in [-0.15, -0.1) is 11.8 Å². The van der Waals surface area contributed by atoms with E-state index in [0.29, 0.717) is 0 Å². The number of nitro benzene ring substituents is 1. The summed E-state index contributed by atoms with van der Waals surface area (Å²) in [6.07, 6.45) is 0. The van der Waals surface area contributed by atoms with Crippen LogP contribution >= 0.6 is 11.8 Å². The Bertz CT molecular complexity index is 2060. The van der Waals surface area contributed by atoms with Crippen molar-refractivity contribution in [1.82, 2.24) is 5.32 Å². The first-order valence-corrected chi connectivity index (χ1v) is 18.7. The van der Waals surface area contributed by atoms with Crippen LogP contribution in [0, 0.1) is 10.1 Å². The molecule has 0 saturated heterocycles. The van der Waals surface area contributed by atoms with Crippen LogP contribution in [0.25, 0.3) is 0 Å². The highest BCUT2D eigenvalue weighted by Crippen LogP contribution is 2.49. The van der Waals surface area contributed by atoms with E-state index in [2.05, 4.69) is 78.1 Å². The van der Waals surface area contributed by atoms with Gasteiger partial charge in [0, 0.05) is 17.9 Å². The van der Waals surface area contributed by atoms with E-state index < -0.39 is 27.2 Å². The van der Waals surface area contributed by atoms with Crippen LogP contribution in [0.1, 0.15) is 33.4 Å². The van der Waals surface area contributed by atoms with Gasteiger partial charge in [0.25, 0.3) is 5.69 Å². The summed E-state index contributed by atoms with van der Waals surface area (Å²) in [5.41, 5.74) is 4.96. The van der Waals surface area contributed by atoms with E-state index in [-0.39, 0.29) is 17.2 Å². The zero-order valence-electron chi connectivity index (χ0n) is 29.4. The first kappa shape index (κ1) is 36.1. The van der Waals surface area contributed by atoms with Crippen molar-refractivity contribution in [3.63, 3.8) is 0 Å². The molecular formula is C47H38N2O4S. The van der Waals surface area contributed by atoms with E-state index >= 15 is 0 Å². The van der Waals surface area contributed by atoms with Crippen molar-refractivity contribution in [2.75, 3.05) is 5.75 Å². The van der Waals surface area contributed by atoms with Gasteiger partial charge in [-0.1, -0.05) is 182 Å². The average Bonchev–Trinajstić information content (AvgIpc) is 3.24. The number of benzene rings is 7. The molecule has 7 rings (SSSR count). The molecule has 7 aromatic carbocycles. The molecule has 266 valence electrons. The lowest BCUT2D eigenvalue weighted by molar-refractivity contribution is -0.384. The van der Waals surface area contributed by atoms with E-state index in [0.717, 1.165) is 33.4 Å². The summed E-state index contributed by atoms with van der Waals surface area (Å²) in [6, 6.07) is 66.1. The summed E-state index contributed by atoms with van der Waals surface area (Å²) in [5, 5.41) is 15.3. The number of carbonyl (C=O) groups is 1. The fourth-order valence-electron chi connectivity index (χ4n) is 7.04. The number of esters is 1. The molecule has 0 aliphatic heterocycles. The Balaban J connectivity index is 1.40. The minimum Gasteiger partial charge on any atom is -0.425 e. The van der Waals surface area contributed by atoms with Crippen LogP contribution in [0.4, 0.5) is 5.69 Å². The molecule has 0 spiro atoms. The fourth-order valence-corrected chi connectivity index (χ4v) is 8.59. The van der Waals surface area contributed by atoms with Crippen LogP contribution in [0.5, 0.6) is 5.75 Å². The molecule has 0 unspecified atom stereocenters. The van der Waals surface area contributed by atoms with Gasteiger partial charge in [0.2, 0.25) is 0 Å². The van der Waals surface area contributed by atoms with Crippen LogP contribution < -0.4 is 10.1 Å². The van der Waals surface area contributed by atoms with Crippen molar-refractivity contribution in [1.29, 1.82) is 0 Å². The number of nitrogens with zero attached hydrogens (tertiary/aromatic N) is 1. The third-order valence-electron chi connectivity index (χ3n) is 9.57. The van der Waals surface area contributed by atoms with Crippen molar-refractivity contribution >= 4 is 23.4 Å². The van der Waals surface area contributed by atoms with Crippen LogP contribution in [0.3, 0.4) is 0 Å². The van der Waals surface area contributed by atoms with Crippen molar-refractivity contribution in [2.45, 2.75) is 16.3 Å². The fraction of sp³-hybridized carbons (Fsp3) is 0.0851. The summed E-state index contributed by atoms with van der Waals surface area (Å²) in [6.45, 7) is 0. The maximum absolute atomic E-state index is 14.8. The molecule has 7 heteroatoms. The topological polar surface area (TPSA) is 81.5 Å².